The van der Waals surface area contributed by atoms with E-state index in [9.17, 15) is 9.18 Å². The first-order valence-corrected chi connectivity index (χ1v) is 8.51. The Bertz CT molecular complexity index is 755. The van der Waals surface area contributed by atoms with E-state index in [-0.39, 0.29) is 29.9 Å². The monoisotopic (exact) mass is 341 g/mol. The van der Waals surface area contributed by atoms with Crippen molar-refractivity contribution in [3.05, 3.63) is 60.2 Å². The van der Waals surface area contributed by atoms with Gasteiger partial charge in [-0.25, -0.2) is 4.39 Å². The number of amides is 1. The van der Waals surface area contributed by atoms with Crippen molar-refractivity contribution in [1.82, 2.24) is 9.88 Å². The highest BCUT2D eigenvalue weighted by molar-refractivity contribution is 5.93. The second-order valence-electron chi connectivity index (χ2n) is 6.66. The van der Waals surface area contributed by atoms with Crippen molar-refractivity contribution in [2.75, 3.05) is 18.4 Å². The van der Waals surface area contributed by atoms with Crippen LogP contribution in [0.15, 0.2) is 48.8 Å². The molecule has 25 heavy (non-hydrogen) atoms. The fourth-order valence-corrected chi connectivity index (χ4v) is 3.68. The Morgan fingerprint density at radius 1 is 1.28 bits per heavy atom. The lowest BCUT2D eigenvalue weighted by molar-refractivity contribution is -0.123. The minimum absolute atomic E-state index is 0.0233. The summed E-state index contributed by atoms with van der Waals surface area (Å²) in [6, 6.07) is 10.4. The van der Waals surface area contributed by atoms with Gasteiger partial charge >= 0.3 is 0 Å². The molecule has 1 aromatic heterocycles. The molecule has 0 radical (unpaired) electrons. The summed E-state index contributed by atoms with van der Waals surface area (Å²) in [4.78, 5) is 18.8. The van der Waals surface area contributed by atoms with E-state index < -0.39 is 0 Å². The molecule has 0 unspecified atom stereocenters. The number of nitrogens with one attached hydrogen (secondary N) is 1. The lowest BCUT2D eigenvalue weighted by atomic mass is 9.99. The first-order chi connectivity index (χ1) is 12.2. The van der Waals surface area contributed by atoms with Crippen LogP contribution < -0.4 is 5.32 Å². The number of hydrogen-bond donors (Lipinski definition) is 1. The number of ether oxygens (including phenoxy) is 1. The molecule has 3 atom stereocenters. The Hall–Kier alpha value is -2.31. The smallest absolute Gasteiger partial charge is 0.230 e. The standard InChI is InChI=1S/C19H20FN3O2/c20-17-6-2-1-4-13(17)10-23-11-15-8-16(18(12-23)25-15)19(24)22-14-5-3-7-21-9-14/h1-7,9,15-16,18H,8,10-12H2,(H,22,24)/t15-,16-,18+/m0/s1. The molecule has 5 nitrogen and oxygen atoms in total. The Morgan fingerprint density at radius 3 is 2.96 bits per heavy atom. The van der Waals surface area contributed by atoms with E-state index in [1.807, 2.05) is 12.1 Å². The SMILES string of the molecule is O=C(Nc1cccnc1)[C@H]1C[C@H]2CN(Cc3ccccc3F)C[C@H]1O2. The summed E-state index contributed by atoms with van der Waals surface area (Å²) in [5.74, 6) is -0.406. The van der Waals surface area contributed by atoms with Crippen LogP contribution in [0, 0.1) is 11.7 Å². The first kappa shape index (κ1) is 16.2. The molecule has 4 rings (SSSR count). The van der Waals surface area contributed by atoms with Gasteiger partial charge in [-0.1, -0.05) is 18.2 Å². The van der Waals surface area contributed by atoms with Crippen LogP contribution >= 0.6 is 0 Å². The Balaban J connectivity index is 1.40. The second-order valence-corrected chi connectivity index (χ2v) is 6.66. The van der Waals surface area contributed by atoms with Crippen molar-refractivity contribution in [3.63, 3.8) is 0 Å². The molecule has 2 aliphatic rings. The molecule has 2 aliphatic heterocycles. The van der Waals surface area contributed by atoms with Gasteiger partial charge in [0.25, 0.3) is 0 Å². The summed E-state index contributed by atoms with van der Waals surface area (Å²) in [5.41, 5.74) is 1.37. The van der Waals surface area contributed by atoms with Gasteiger partial charge in [0.05, 0.1) is 30.0 Å². The number of benzene rings is 1. The molecular weight excluding hydrogens is 321 g/mol. The van der Waals surface area contributed by atoms with Crippen LogP contribution in [0.2, 0.25) is 0 Å². The van der Waals surface area contributed by atoms with Crippen LogP contribution in [0.3, 0.4) is 0 Å². The fraction of sp³-hybridized carbons (Fsp3) is 0.368. The number of likely N-dealkylation sites (tertiary alicyclic amines) is 1. The average Bonchev–Trinajstić information content (AvgIpc) is 2.92. The molecule has 2 fully saturated rings. The molecule has 130 valence electrons. The number of hydrogen-bond acceptors (Lipinski definition) is 4. The molecule has 0 saturated carbocycles. The largest absolute Gasteiger partial charge is 0.371 e. The molecule has 0 spiro atoms. The molecule has 2 bridgehead atoms. The maximum Gasteiger partial charge on any atom is 0.230 e. The van der Waals surface area contributed by atoms with Gasteiger partial charge in [-0.2, -0.15) is 0 Å². The van der Waals surface area contributed by atoms with Gasteiger partial charge in [-0.3, -0.25) is 14.7 Å². The molecule has 2 saturated heterocycles. The third kappa shape index (κ3) is 3.55. The second kappa shape index (κ2) is 6.90. The molecule has 1 aromatic carbocycles. The van der Waals surface area contributed by atoms with Gasteiger partial charge in [0.1, 0.15) is 5.82 Å². The first-order valence-electron chi connectivity index (χ1n) is 8.51. The van der Waals surface area contributed by atoms with Crippen molar-refractivity contribution in [1.29, 1.82) is 0 Å². The molecule has 0 aliphatic carbocycles. The third-order valence-electron chi connectivity index (χ3n) is 4.85. The van der Waals surface area contributed by atoms with Crippen molar-refractivity contribution in [2.24, 2.45) is 5.92 Å². The van der Waals surface area contributed by atoms with E-state index in [2.05, 4.69) is 15.2 Å². The highest BCUT2D eigenvalue weighted by Crippen LogP contribution is 2.33. The van der Waals surface area contributed by atoms with E-state index in [1.54, 1.807) is 30.6 Å². The topological polar surface area (TPSA) is 54.5 Å². The summed E-state index contributed by atoms with van der Waals surface area (Å²) in [6.07, 6.45) is 3.87. The highest BCUT2D eigenvalue weighted by Gasteiger charge is 2.44. The molecule has 1 amide bonds. The zero-order valence-electron chi connectivity index (χ0n) is 13.8. The van der Waals surface area contributed by atoms with E-state index in [0.29, 0.717) is 30.8 Å². The molecule has 2 aromatic rings. The van der Waals surface area contributed by atoms with Crippen LogP contribution in [0.1, 0.15) is 12.0 Å². The maximum absolute atomic E-state index is 13.9. The number of pyridine rings is 1. The van der Waals surface area contributed by atoms with Gasteiger partial charge < -0.3 is 10.1 Å². The predicted molar refractivity (Wildman–Crippen MR) is 91.3 cm³/mol. The number of anilines is 1. The summed E-state index contributed by atoms with van der Waals surface area (Å²) < 4.78 is 19.8. The number of fused-ring (bicyclic) bond motifs is 2. The van der Waals surface area contributed by atoms with Crippen molar-refractivity contribution >= 4 is 11.6 Å². The number of rotatable bonds is 4. The molecular formula is C19H20FN3O2. The average molecular weight is 341 g/mol. The lowest BCUT2D eigenvalue weighted by Gasteiger charge is -2.32. The van der Waals surface area contributed by atoms with Crippen LogP contribution in [0.25, 0.3) is 0 Å². The highest BCUT2D eigenvalue weighted by atomic mass is 19.1. The zero-order chi connectivity index (χ0) is 17.2. The van der Waals surface area contributed by atoms with Crippen LogP contribution in [0.5, 0.6) is 0 Å². The summed E-state index contributed by atoms with van der Waals surface area (Å²) in [6.45, 7) is 1.90. The maximum atomic E-state index is 13.9. The summed E-state index contributed by atoms with van der Waals surface area (Å²) in [5, 5.41) is 2.91. The van der Waals surface area contributed by atoms with Gasteiger partial charge in [0, 0.05) is 31.4 Å². The zero-order valence-corrected chi connectivity index (χ0v) is 13.8. The number of nitrogens with zero attached hydrogens (tertiary/aromatic N) is 2. The van der Waals surface area contributed by atoms with Crippen LogP contribution in [-0.4, -0.2) is 41.1 Å². The van der Waals surface area contributed by atoms with Crippen molar-refractivity contribution < 1.29 is 13.9 Å². The minimum atomic E-state index is -0.188. The minimum Gasteiger partial charge on any atom is -0.371 e. The number of carbonyl (C=O) groups excluding carboxylic acids is 1. The Kier molecular flexibility index (Phi) is 4.46. The number of carbonyl (C=O) groups is 1. The Morgan fingerprint density at radius 2 is 2.16 bits per heavy atom. The quantitative estimate of drug-likeness (QED) is 0.928. The van der Waals surface area contributed by atoms with Gasteiger partial charge in [0.2, 0.25) is 5.91 Å². The number of halogens is 1. The van der Waals surface area contributed by atoms with Crippen molar-refractivity contribution in [3.8, 4) is 0 Å². The summed E-state index contributed by atoms with van der Waals surface area (Å²) in [7, 11) is 0. The fourth-order valence-electron chi connectivity index (χ4n) is 3.68. The summed E-state index contributed by atoms with van der Waals surface area (Å²) >= 11 is 0. The lowest BCUT2D eigenvalue weighted by Crippen LogP contribution is -2.44. The van der Waals surface area contributed by atoms with E-state index in [0.717, 1.165) is 6.54 Å². The van der Waals surface area contributed by atoms with Gasteiger partial charge in [-0.15, -0.1) is 0 Å². The van der Waals surface area contributed by atoms with E-state index in [1.165, 1.54) is 6.07 Å². The van der Waals surface area contributed by atoms with Crippen LogP contribution in [0.4, 0.5) is 10.1 Å². The normalized spacial score (nSPS) is 25.7. The van der Waals surface area contributed by atoms with Gasteiger partial charge in [0.15, 0.2) is 0 Å². The van der Waals surface area contributed by atoms with E-state index >= 15 is 0 Å². The van der Waals surface area contributed by atoms with Crippen LogP contribution in [-0.2, 0) is 16.1 Å². The predicted octanol–water partition coefficient (Wildman–Crippen LogP) is 2.45. The van der Waals surface area contributed by atoms with Gasteiger partial charge in [-0.05, 0) is 24.6 Å². The van der Waals surface area contributed by atoms with Crippen molar-refractivity contribution in [2.45, 2.75) is 25.2 Å². The number of aromatic nitrogens is 1. The third-order valence-corrected chi connectivity index (χ3v) is 4.85. The molecule has 1 N–H and O–H groups in total. The van der Waals surface area contributed by atoms with E-state index in [4.69, 9.17) is 4.74 Å². The number of morpholine rings is 1. The molecule has 6 heteroatoms. The molecule has 3 heterocycles. The Labute approximate surface area is 145 Å².